The monoisotopic (exact) mass is 548 g/mol. The predicted molar refractivity (Wildman–Crippen MR) is 133 cm³/mol. The molecule has 29 heavy (non-hydrogen) atoms. The van der Waals surface area contributed by atoms with Gasteiger partial charge >= 0.3 is 0 Å². The van der Waals surface area contributed by atoms with Crippen LogP contribution in [0.5, 0.6) is 0 Å². The molecule has 160 valence electrons. The number of thiazole rings is 1. The lowest BCUT2D eigenvalue weighted by Crippen LogP contribution is -2.48. The van der Waals surface area contributed by atoms with Gasteiger partial charge in [-0.15, -0.1) is 35.3 Å². The third kappa shape index (κ3) is 6.54. The van der Waals surface area contributed by atoms with Crippen LogP contribution in [-0.4, -0.2) is 37.2 Å². The Morgan fingerprint density at radius 2 is 2.03 bits per heavy atom. The first kappa shape index (κ1) is 24.4. The molecule has 0 saturated carbocycles. The predicted octanol–water partition coefficient (Wildman–Crippen LogP) is 4.83. The molecular formula is C21H30ClIN4OS. The maximum atomic E-state index is 6.28. The van der Waals surface area contributed by atoms with E-state index in [0.717, 1.165) is 60.8 Å². The van der Waals surface area contributed by atoms with Crippen molar-refractivity contribution in [3.8, 4) is 0 Å². The lowest BCUT2D eigenvalue weighted by atomic mass is 9.74. The molecule has 0 atom stereocenters. The van der Waals surface area contributed by atoms with E-state index in [1.54, 1.807) is 11.3 Å². The van der Waals surface area contributed by atoms with Crippen molar-refractivity contribution in [3.05, 3.63) is 50.4 Å². The van der Waals surface area contributed by atoms with Crippen LogP contribution >= 0.6 is 46.9 Å². The second-order valence-electron chi connectivity index (χ2n) is 7.19. The second kappa shape index (κ2) is 11.5. The van der Waals surface area contributed by atoms with E-state index in [0.29, 0.717) is 6.54 Å². The second-order valence-corrected chi connectivity index (χ2v) is 8.92. The number of aryl methyl sites for hydroxylation is 2. The zero-order valence-corrected chi connectivity index (χ0v) is 21.2. The van der Waals surface area contributed by atoms with Crippen LogP contribution in [0.15, 0.2) is 29.3 Å². The Kier molecular flexibility index (Phi) is 9.65. The molecule has 0 spiro atoms. The smallest absolute Gasteiger partial charge is 0.191 e. The van der Waals surface area contributed by atoms with E-state index in [9.17, 15) is 0 Å². The Bertz CT molecular complexity index is 821. The van der Waals surface area contributed by atoms with Crippen LogP contribution in [0, 0.1) is 13.8 Å². The Morgan fingerprint density at radius 3 is 2.66 bits per heavy atom. The van der Waals surface area contributed by atoms with Crippen LogP contribution in [0.1, 0.15) is 40.9 Å². The molecule has 2 N–H and O–H groups in total. The highest BCUT2D eigenvalue weighted by atomic mass is 127. The topological polar surface area (TPSA) is 58.5 Å². The molecule has 3 rings (SSSR count). The third-order valence-corrected chi connectivity index (χ3v) is 6.50. The van der Waals surface area contributed by atoms with Crippen molar-refractivity contribution in [2.24, 2.45) is 4.99 Å². The summed E-state index contributed by atoms with van der Waals surface area (Å²) >= 11 is 7.99. The Balaban J connectivity index is 0.00000300. The number of rotatable bonds is 6. The molecule has 1 aliphatic heterocycles. The summed E-state index contributed by atoms with van der Waals surface area (Å²) in [5.41, 5.74) is 2.33. The molecule has 1 aliphatic rings. The molecule has 0 bridgehead atoms. The number of nitrogens with one attached hydrogen (secondary N) is 2. The van der Waals surface area contributed by atoms with E-state index >= 15 is 0 Å². The minimum absolute atomic E-state index is 0. The van der Waals surface area contributed by atoms with Gasteiger partial charge in [-0.1, -0.05) is 23.7 Å². The molecule has 0 aliphatic carbocycles. The summed E-state index contributed by atoms with van der Waals surface area (Å²) in [6.45, 7) is 9.95. The molecular weight excluding hydrogens is 519 g/mol. The van der Waals surface area contributed by atoms with Crippen molar-refractivity contribution in [2.45, 2.75) is 45.6 Å². The van der Waals surface area contributed by atoms with Gasteiger partial charge in [0.2, 0.25) is 0 Å². The number of ether oxygens (including phenoxy) is 1. The fourth-order valence-corrected chi connectivity index (χ4v) is 4.67. The van der Waals surface area contributed by atoms with Crippen molar-refractivity contribution >= 4 is 52.9 Å². The fraction of sp³-hybridized carbons (Fsp3) is 0.524. The van der Waals surface area contributed by atoms with Gasteiger partial charge in [-0.25, -0.2) is 9.98 Å². The van der Waals surface area contributed by atoms with Crippen molar-refractivity contribution < 1.29 is 4.74 Å². The largest absolute Gasteiger partial charge is 0.381 e. The van der Waals surface area contributed by atoms with E-state index in [4.69, 9.17) is 21.3 Å². The summed E-state index contributed by atoms with van der Waals surface area (Å²) in [5, 5.41) is 8.80. The molecule has 0 radical (unpaired) electrons. The van der Waals surface area contributed by atoms with E-state index in [1.165, 1.54) is 10.4 Å². The third-order valence-electron chi connectivity index (χ3n) is 5.21. The molecule has 0 unspecified atom stereocenters. The van der Waals surface area contributed by atoms with E-state index in [2.05, 4.69) is 34.7 Å². The summed E-state index contributed by atoms with van der Waals surface area (Å²) in [5.74, 6) is 0.834. The maximum Gasteiger partial charge on any atom is 0.191 e. The van der Waals surface area contributed by atoms with Crippen molar-refractivity contribution in [3.63, 3.8) is 0 Å². The molecule has 5 nitrogen and oxygen atoms in total. The molecule has 1 aromatic carbocycles. The maximum absolute atomic E-state index is 6.28. The van der Waals surface area contributed by atoms with Crippen LogP contribution in [0.2, 0.25) is 5.02 Å². The number of aromatic nitrogens is 1. The van der Waals surface area contributed by atoms with Crippen LogP contribution in [0.3, 0.4) is 0 Å². The van der Waals surface area contributed by atoms with Gasteiger partial charge in [-0.2, -0.15) is 0 Å². The minimum atomic E-state index is -0.00364. The zero-order valence-electron chi connectivity index (χ0n) is 17.3. The van der Waals surface area contributed by atoms with Crippen molar-refractivity contribution in [1.82, 2.24) is 15.6 Å². The van der Waals surface area contributed by atoms with Crippen molar-refractivity contribution in [2.75, 3.05) is 26.3 Å². The first-order valence-corrected chi connectivity index (χ1v) is 11.0. The summed E-state index contributed by atoms with van der Waals surface area (Å²) in [7, 11) is 0. The molecule has 2 aromatic rings. The van der Waals surface area contributed by atoms with Gasteiger partial charge < -0.3 is 15.4 Å². The Hall–Kier alpha value is -0.900. The zero-order chi connectivity index (χ0) is 20.0. The van der Waals surface area contributed by atoms with Crippen LogP contribution in [0.25, 0.3) is 0 Å². The van der Waals surface area contributed by atoms with E-state index in [-0.39, 0.29) is 29.4 Å². The SMILES string of the molecule is CCNC(=NCc1sc(C)nc1C)NCC1(c2cccc(Cl)c2)CCOCC1.I. The average Bonchev–Trinajstić information content (AvgIpc) is 3.02. The molecule has 2 heterocycles. The van der Waals surface area contributed by atoms with Gasteiger partial charge in [0.05, 0.1) is 17.2 Å². The highest BCUT2D eigenvalue weighted by Gasteiger charge is 2.34. The highest BCUT2D eigenvalue weighted by molar-refractivity contribution is 14.0. The number of benzene rings is 1. The standard InChI is InChI=1S/C21H29ClN4OS.HI/c1-4-23-20(24-13-19-15(2)26-16(3)28-19)25-14-21(8-10-27-11-9-21)17-6-5-7-18(22)12-17;/h5-7,12H,4,8-11,13-14H2,1-3H3,(H2,23,24,25);1H. The summed E-state index contributed by atoms with van der Waals surface area (Å²) in [6.07, 6.45) is 1.93. The van der Waals surface area contributed by atoms with Crippen LogP contribution < -0.4 is 10.6 Å². The van der Waals surface area contributed by atoms with E-state index in [1.807, 2.05) is 26.0 Å². The van der Waals surface area contributed by atoms with Gasteiger partial charge in [0.15, 0.2) is 5.96 Å². The molecule has 1 saturated heterocycles. The lowest BCUT2D eigenvalue weighted by molar-refractivity contribution is 0.0514. The highest BCUT2D eigenvalue weighted by Crippen LogP contribution is 2.35. The molecule has 1 fully saturated rings. The summed E-state index contributed by atoms with van der Waals surface area (Å²) in [4.78, 5) is 10.5. The molecule has 0 amide bonds. The number of halogens is 2. The molecule has 8 heteroatoms. The van der Waals surface area contributed by atoms with Gasteiger partial charge in [0.25, 0.3) is 0 Å². The normalized spacial score (nSPS) is 16.2. The van der Waals surface area contributed by atoms with Gasteiger partial charge in [-0.05, 0) is 51.3 Å². The van der Waals surface area contributed by atoms with Gasteiger partial charge in [0, 0.05) is 41.6 Å². The summed E-state index contributed by atoms with van der Waals surface area (Å²) < 4.78 is 5.64. The Morgan fingerprint density at radius 1 is 1.28 bits per heavy atom. The minimum Gasteiger partial charge on any atom is -0.381 e. The lowest BCUT2D eigenvalue weighted by Gasteiger charge is -2.38. The first-order chi connectivity index (χ1) is 13.5. The number of hydrogen-bond acceptors (Lipinski definition) is 4. The number of hydrogen-bond donors (Lipinski definition) is 2. The molecule has 1 aromatic heterocycles. The summed E-state index contributed by atoms with van der Waals surface area (Å²) in [6, 6.07) is 8.22. The van der Waals surface area contributed by atoms with Crippen LogP contribution in [0.4, 0.5) is 0 Å². The first-order valence-electron chi connectivity index (χ1n) is 9.81. The quantitative estimate of drug-likeness (QED) is 0.308. The number of nitrogens with zero attached hydrogens (tertiary/aromatic N) is 2. The number of guanidine groups is 1. The Labute approximate surface area is 199 Å². The number of aliphatic imine (C=N–C) groups is 1. The van der Waals surface area contributed by atoms with Gasteiger partial charge in [0.1, 0.15) is 0 Å². The van der Waals surface area contributed by atoms with Crippen molar-refractivity contribution in [1.29, 1.82) is 0 Å². The fourth-order valence-electron chi connectivity index (χ4n) is 3.61. The van der Waals surface area contributed by atoms with E-state index < -0.39 is 0 Å². The van der Waals surface area contributed by atoms with Gasteiger partial charge in [-0.3, -0.25) is 0 Å². The average molecular weight is 549 g/mol. The van der Waals surface area contributed by atoms with Crippen LogP contribution in [-0.2, 0) is 16.7 Å².